The molecule has 0 bridgehead atoms. The van der Waals surface area contributed by atoms with Gasteiger partial charge in [0.25, 0.3) is 8.32 Å². The van der Waals surface area contributed by atoms with Crippen LogP contribution in [0.3, 0.4) is 0 Å². The molecular formula is C120H155ClO19SiSn. The van der Waals surface area contributed by atoms with Gasteiger partial charge in [-0.3, -0.25) is 0 Å². The Morgan fingerprint density at radius 1 is 0.535 bits per heavy atom. The van der Waals surface area contributed by atoms with Crippen LogP contribution in [0.2, 0.25) is 22.8 Å². The van der Waals surface area contributed by atoms with E-state index in [4.69, 9.17) is 96.6 Å². The molecule has 0 saturated carbocycles. The molecule has 0 aromatic heterocycles. The normalized spacial score (nSPS) is 33.8. The molecule has 11 aliphatic heterocycles. The second-order valence-electron chi connectivity index (χ2n) is 44.2. The van der Waals surface area contributed by atoms with Crippen molar-refractivity contribution in [2.24, 2.45) is 23.7 Å². The Hall–Kier alpha value is -6.56. The van der Waals surface area contributed by atoms with Crippen LogP contribution in [0.25, 0.3) is 32.3 Å². The summed E-state index contributed by atoms with van der Waals surface area (Å²) in [7, 11) is -3.16. The van der Waals surface area contributed by atoms with Crippen molar-refractivity contribution in [3.63, 3.8) is 0 Å². The molecule has 22 heteroatoms. The Morgan fingerprint density at radius 2 is 1.09 bits per heavy atom. The molecule has 19 nitrogen and oxygen atoms in total. The Bertz CT molecular complexity index is 5490. The molecule has 1 spiro atoms. The van der Waals surface area contributed by atoms with Crippen LogP contribution >= 0.6 is 11.6 Å². The third-order valence-corrected chi connectivity index (χ3v) is 54.1. The minimum atomic E-state index is -3.16. The van der Waals surface area contributed by atoms with E-state index in [2.05, 4.69) is 307 Å². The Labute approximate surface area is 853 Å². The quantitative estimate of drug-likeness (QED) is 0.00912. The van der Waals surface area contributed by atoms with E-state index in [-0.39, 0.29) is 103 Å². The van der Waals surface area contributed by atoms with Gasteiger partial charge in [0.05, 0.1) is 63.1 Å². The summed E-state index contributed by atoms with van der Waals surface area (Å²) in [6.45, 7) is 27.6. The number of fused-ring (bicyclic) bond motifs is 11. The van der Waals surface area contributed by atoms with Crippen LogP contribution in [-0.2, 0) is 110 Å². The van der Waals surface area contributed by atoms with Gasteiger partial charge in [-0.25, -0.2) is 0 Å². The Morgan fingerprint density at radius 3 is 1.71 bits per heavy atom. The van der Waals surface area contributed by atoms with Crippen molar-refractivity contribution < 1.29 is 89.7 Å². The van der Waals surface area contributed by atoms with Crippen LogP contribution in [0, 0.1) is 23.7 Å². The SMILES string of the molecule is CCC[CH2][Sn]([CH2]/C=C/OC1CC2OC3CC4OC5C(OC6(CCCO6)[C@@H](C)[C@@H]5C)[C@@H](OCc5ccc6ccccc6c5)[C@H](C)C4OC3C[C@@H](C)CC2O[C@@]1(C)[C@H](CC(OC(=O)CCl)OC1/C=C\CC2OC3CC4OC5CC=CCOC5[C@@H](OCc5ccc6ccccc6c5)C4OC3C=CC2OC1CCO[Si](c1ccccc1)(c1ccccc1)C(C)(C)C)OCc1ccc2ccccc2c1)([CH2]CCC)[CH2]CCC. The summed E-state index contributed by atoms with van der Waals surface area (Å²) < 4.78 is 140. The summed E-state index contributed by atoms with van der Waals surface area (Å²) in [6, 6.07) is 66.5. The number of benzene rings is 8. The van der Waals surface area contributed by atoms with E-state index in [9.17, 15) is 4.79 Å². The van der Waals surface area contributed by atoms with Gasteiger partial charge < -0.3 is 47.1 Å². The van der Waals surface area contributed by atoms with Gasteiger partial charge in [-0.15, -0.1) is 11.6 Å². The van der Waals surface area contributed by atoms with Crippen LogP contribution in [0.5, 0.6) is 0 Å². The summed E-state index contributed by atoms with van der Waals surface area (Å²) in [5.74, 6) is -1.77. The molecule has 11 heterocycles. The summed E-state index contributed by atoms with van der Waals surface area (Å²) in [5, 5.41) is 8.87. The molecule has 142 heavy (non-hydrogen) atoms. The number of esters is 1. The number of alkyl halides is 1. The monoisotopic (exact) mass is 2080 g/mol. The minimum absolute atomic E-state index is 0.0131. The van der Waals surface area contributed by atoms with E-state index in [0.717, 1.165) is 60.5 Å². The molecule has 8 aromatic carbocycles. The zero-order chi connectivity index (χ0) is 98.1. The molecular weight excluding hydrogens is 1930 g/mol. The van der Waals surface area contributed by atoms with Crippen molar-refractivity contribution in [1.82, 2.24) is 0 Å². The maximum absolute atomic E-state index is 14.8. The average molecular weight is 2080 g/mol. The molecule has 0 aliphatic carbocycles. The number of hydrogen-bond acceptors (Lipinski definition) is 19. The molecule has 11 aliphatic rings. The molecule has 764 valence electrons. The van der Waals surface area contributed by atoms with Gasteiger partial charge in [0.2, 0.25) is 0 Å². The molecule has 8 fully saturated rings. The molecule has 8 saturated heterocycles. The van der Waals surface area contributed by atoms with Crippen LogP contribution in [-0.4, -0.2) is 210 Å². The van der Waals surface area contributed by atoms with E-state index in [1.54, 1.807) is 0 Å². The van der Waals surface area contributed by atoms with Crippen LogP contribution in [0.1, 0.15) is 202 Å². The van der Waals surface area contributed by atoms with Crippen molar-refractivity contribution in [2.45, 2.75) is 380 Å². The van der Waals surface area contributed by atoms with Gasteiger partial charge in [0.1, 0.15) is 36.6 Å². The fourth-order valence-corrected chi connectivity index (χ4v) is 45.4. The molecule has 0 amide bonds. The van der Waals surface area contributed by atoms with E-state index in [1.807, 2.05) is 6.26 Å². The van der Waals surface area contributed by atoms with Gasteiger partial charge in [0.15, 0.2) is 5.79 Å². The van der Waals surface area contributed by atoms with Crippen molar-refractivity contribution in [2.75, 3.05) is 25.7 Å². The average Bonchev–Trinajstić information content (AvgIpc) is 1.62. The number of carbonyl (C=O) groups excluding carboxylic acids is 1. The predicted octanol–water partition coefficient (Wildman–Crippen LogP) is 23.6. The predicted molar refractivity (Wildman–Crippen MR) is 562 cm³/mol. The van der Waals surface area contributed by atoms with E-state index >= 15 is 0 Å². The third-order valence-electron chi connectivity index (χ3n) is 33.6. The molecule has 19 rings (SSSR count). The number of rotatable bonds is 35. The first kappa shape index (κ1) is 104. The summed E-state index contributed by atoms with van der Waals surface area (Å²) in [4.78, 5) is 14.8. The number of hydrogen-bond donors (Lipinski definition) is 0. The van der Waals surface area contributed by atoms with Gasteiger partial charge in [-0.1, -0.05) is 230 Å². The van der Waals surface area contributed by atoms with Crippen LogP contribution in [0.4, 0.5) is 0 Å². The first-order valence-electron chi connectivity index (χ1n) is 54.0. The van der Waals surface area contributed by atoms with Gasteiger partial charge >= 0.3 is 329 Å². The summed E-state index contributed by atoms with van der Waals surface area (Å²) in [5.41, 5.74) is 1.84. The first-order valence-corrected chi connectivity index (χ1v) is 64.6. The molecule has 8 aromatic rings. The first-order chi connectivity index (χ1) is 69.1. The molecule has 0 radical (unpaired) electrons. The summed E-state index contributed by atoms with van der Waals surface area (Å²) in [6.07, 6.45) is 18.7. The molecule has 0 N–H and O–H groups in total. The maximum atomic E-state index is 14.8. The topological polar surface area (TPSA) is 183 Å². The van der Waals surface area contributed by atoms with Crippen molar-refractivity contribution in [3.8, 4) is 0 Å². The zero-order valence-electron chi connectivity index (χ0n) is 85.5. The van der Waals surface area contributed by atoms with Crippen molar-refractivity contribution in [1.29, 1.82) is 0 Å². The number of ether oxygens (including phenoxy) is 17. The summed E-state index contributed by atoms with van der Waals surface area (Å²) >= 11 is 3.92. The second-order valence-corrected chi connectivity index (χ2v) is 62.8. The fraction of sp³-hybridized carbons (Fsp3) is 0.575. The Balaban J connectivity index is 0.660. The van der Waals surface area contributed by atoms with E-state index in [1.165, 1.54) is 68.0 Å². The van der Waals surface area contributed by atoms with Gasteiger partial charge in [-0.2, -0.15) is 0 Å². The van der Waals surface area contributed by atoms with Crippen LogP contribution < -0.4 is 10.4 Å². The number of unbranched alkanes of at least 4 members (excludes halogenated alkanes) is 3. The number of allylic oxidation sites excluding steroid dienone is 1. The Kier molecular flexibility index (Phi) is 34.5. The van der Waals surface area contributed by atoms with E-state index < -0.39 is 136 Å². The van der Waals surface area contributed by atoms with Gasteiger partial charge in [-0.05, 0) is 97.2 Å². The van der Waals surface area contributed by atoms with Crippen LogP contribution in [0.15, 0.2) is 237 Å². The molecule has 21 unspecified atom stereocenters. The van der Waals surface area contributed by atoms with Crippen molar-refractivity contribution in [3.05, 3.63) is 254 Å². The third kappa shape index (κ3) is 23.2. The molecule has 29 atom stereocenters. The van der Waals surface area contributed by atoms with E-state index in [0.29, 0.717) is 77.8 Å². The van der Waals surface area contributed by atoms with Crippen molar-refractivity contribution >= 4 is 87.0 Å². The second kappa shape index (κ2) is 47.1. The number of carbonyl (C=O) groups is 1. The standard InChI is InChI=1S/C108H128ClO19Si.3C4H9.Sn/c1-10-50-111-95-61-91-92(55-67(2)54-88-90(121-91)60-93-99(124-88)69(4)100(114-65-72-41-44-75-28-18-21-31-78(75)57-72)105-101(125-93)68(3)70(5)108(128-105)49-26-52-116-108)127-107(95,9)96(113-64-71-40-43-74-27-17-20-30-77(74)56-71)62-98(126-97(110)63-109)122-83-39-25-38-82-84(118-86(83)48-53-117-129(106(6,7)8,80-33-13-11-14-34-80)81-35-15-12-16-36-81)46-47-85-89(119-82)59-94-103(123-85)104(102-87(120-94)37-23-24-51-112-102)115-66-73-42-45-76-29-19-22-32-79(76)58-73;3*1-3-4-2;/h10-25,27-36,39-47,50,56-58,67-70,82-96,98-105H,1,26,37-38,48-49,51-55,59-66H2,2-9H3;3*1,3-4H2,2H3;/b39-25-,50-10+;;;;/t67-,68+,69-,70+,82?,83?,84?,85?,86?,87?,88?,89?,90?,91?,92?,93?,94?,95?,96+,98?,99?,100+,101?,102?,103?,104-,105?,107-,108?;;;;/m1..../s1. The zero-order valence-corrected chi connectivity index (χ0v) is 90.1. The van der Waals surface area contributed by atoms with Gasteiger partial charge in [0, 0.05) is 31.3 Å². The fourth-order valence-electron chi connectivity index (χ4n) is 25.7. The number of halogens is 1.